The second kappa shape index (κ2) is 5.39. The Bertz CT molecular complexity index is 451. The molecule has 2 rings (SSSR count). The van der Waals surface area contributed by atoms with Gasteiger partial charge in [-0.25, -0.2) is 0 Å². The first kappa shape index (κ1) is 12.9. The van der Waals surface area contributed by atoms with Gasteiger partial charge in [-0.1, -0.05) is 11.8 Å². The Morgan fingerprint density at radius 2 is 1.72 bits per heavy atom. The Hall–Kier alpha value is -1.56. The van der Waals surface area contributed by atoms with E-state index in [4.69, 9.17) is 14.2 Å². The maximum absolute atomic E-state index is 5.32. The van der Waals surface area contributed by atoms with Crippen molar-refractivity contribution in [2.24, 2.45) is 5.10 Å². The minimum atomic E-state index is 0.598. The van der Waals surface area contributed by atoms with E-state index in [0.717, 1.165) is 16.5 Å². The predicted octanol–water partition coefficient (Wildman–Crippen LogP) is 2.01. The van der Waals surface area contributed by atoms with Crippen LogP contribution in [0.2, 0.25) is 0 Å². The molecule has 0 saturated heterocycles. The average molecular weight is 268 g/mol. The lowest BCUT2D eigenvalue weighted by atomic mass is 10.2. The summed E-state index contributed by atoms with van der Waals surface area (Å²) in [5.74, 6) is 2.74. The van der Waals surface area contributed by atoms with Gasteiger partial charge in [0.2, 0.25) is 5.75 Å². The number of hydrogen-bond acceptors (Lipinski definition) is 6. The molecule has 0 aromatic heterocycles. The molecule has 0 amide bonds. The van der Waals surface area contributed by atoms with Crippen molar-refractivity contribution in [3.63, 3.8) is 0 Å². The Kier molecular flexibility index (Phi) is 3.86. The molecule has 6 heteroatoms. The lowest BCUT2D eigenvalue weighted by Gasteiger charge is -2.13. The van der Waals surface area contributed by atoms with Gasteiger partial charge in [-0.3, -0.25) is 5.01 Å². The van der Waals surface area contributed by atoms with Gasteiger partial charge in [-0.15, -0.1) is 0 Å². The maximum Gasteiger partial charge on any atom is 0.203 e. The third kappa shape index (κ3) is 2.33. The van der Waals surface area contributed by atoms with Gasteiger partial charge in [-0.2, -0.15) is 5.10 Å². The molecule has 0 radical (unpaired) electrons. The van der Waals surface area contributed by atoms with Crippen LogP contribution in [0.25, 0.3) is 0 Å². The fourth-order valence-electron chi connectivity index (χ4n) is 1.71. The van der Waals surface area contributed by atoms with Gasteiger partial charge in [0.05, 0.1) is 27.2 Å². The van der Waals surface area contributed by atoms with Crippen LogP contribution in [-0.2, 0) is 0 Å². The Balaban J connectivity index is 2.47. The number of benzene rings is 1. The van der Waals surface area contributed by atoms with Crippen molar-refractivity contribution in [1.82, 2.24) is 5.01 Å². The molecule has 1 aliphatic rings. The summed E-state index contributed by atoms with van der Waals surface area (Å²) < 4.78 is 15.9. The van der Waals surface area contributed by atoms with Crippen LogP contribution in [0.1, 0.15) is 5.56 Å². The molecule has 98 valence electrons. The smallest absolute Gasteiger partial charge is 0.203 e. The van der Waals surface area contributed by atoms with Gasteiger partial charge < -0.3 is 14.2 Å². The highest BCUT2D eigenvalue weighted by molar-refractivity contribution is 8.14. The predicted molar refractivity (Wildman–Crippen MR) is 72.9 cm³/mol. The summed E-state index contributed by atoms with van der Waals surface area (Å²) in [5, 5.41) is 7.27. The minimum absolute atomic E-state index is 0.598. The van der Waals surface area contributed by atoms with E-state index in [1.54, 1.807) is 33.1 Å². The highest BCUT2D eigenvalue weighted by atomic mass is 32.2. The molecular formula is C12H16N2O3S. The van der Waals surface area contributed by atoms with Crippen LogP contribution >= 0.6 is 11.8 Å². The molecule has 0 bridgehead atoms. The summed E-state index contributed by atoms with van der Waals surface area (Å²) in [6.45, 7) is 0. The molecule has 0 saturated carbocycles. The first-order valence-corrected chi connectivity index (χ1v) is 6.41. The van der Waals surface area contributed by atoms with Crippen LogP contribution in [-0.4, -0.2) is 44.3 Å². The number of rotatable bonds is 4. The molecule has 1 aromatic carbocycles. The molecule has 18 heavy (non-hydrogen) atoms. The zero-order valence-corrected chi connectivity index (χ0v) is 11.7. The molecule has 1 heterocycles. The van der Waals surface area contributed by atoms with Gasteiger partial charge in [0.25, 0.3) is 0 Å². The SMILES string of the molecule is COc1cc(C2=NN(C)CS2)cc(OC)c1OC. The van der Waals surface area contributed by atoms with Crippen LogP contribution in [0.5, 0.6) is 17.2 Å². The monoisotopic (exact) mass is 268 g/mol. The Morgan fingerprint density at radius 1 is 1.11 bits per heavy atom. The zero-order chi connectivity index (χ0) is 13.1. The molecule has 0 N–H and O–H groups in total. The quantitative estimate of drug-likeness (QED) is 0.835. The number of methoxy groups -OCH3 is 3. The third-order valence-corrected chi connectivity index (χ3v) is 3.65. The van der Waals surface area contributed by atoms with Crippen LogP contribution in [0.3, 0.4) is 0 Å². The van der Waals surface area contributed by atoms with Crippen molar-refractivity contribution in [3.05, 3.63) is 17.7 Å². The lowest BCUT2D eigenvalue weighted by molar-refractivity contribution is 0.324. The summed E-state index contributed by atoms with van der Waals surface area (Å²) in [6, 6.07) is 3.82. The topological polar surface area (TPSA) is 43.3 Å². The van der Waals surface area contributed by atoms with Crippen LogP contribution in [0, 0.1) is 0 Å². The van der Waals surface area contributed by atoms with Crippen molar-refractivity contribution in [1.29, 1.82) is 0 Å². The molecule has 0 fully saturated rings. The summed E-state index contributed by atoms with van der Waals surface area (Å²) >= 11 is 1.68. The molecule has 5 nitrogen and oxygen atoms in total. The van der Waals surface area contributed by atoms with Gasteiger partial charge in [0, 0.05) is 12.6 Å². The van der Waals surface area contributed by atoms with E-state index >= 15 is 0 Å². The van der Waals surface area contributed by atoms with E-state index in [1.165, 1.54) is 0 Å². The molecule has 0 aliphatic carbocycles. The summed E-state index contributed by atoms with van der Waals surface area (Å²) in [4.78, 5) is 0. The van der Waals surface area contributed by atoms with Gasteiger partial charge in [0.15, 0.2) is 11.5 Å². The van der Waals surface area contributed by atoms with Gasteiger partial charge >= 0.3 is 0 Å². The highest BCUT2D eigenvalue weighted by Crippen LogP contribution is 2.39. The maximum atomic E-state index is 5.32. The van der Waals surface area contributed by atoms with Gasteiger partial charge in [-0.05, 0) is 12.1 Å². The summed E-state index contributed by atoms with van der Waals surface area (Å²) in [5.41, 5.74) is 0.971. The van der Waals surface area contributed by atoms with Crippen molar-refractivity contribution < 1.29 is 14.2 Å². The minimum Gasteiger partial charge on any atom is -0.493 e. The number of hydrazone groups is 1. The molecule has 0 unspecified atom stereocenters. The van der Waals surface area contributed by atoms with E-state index in [1.807, 2.05) is 24.2 Å². The van der Waals surface area contributed by atoms with E-state index in [-0.39, 0.29) is 0 Å². The van der Waals surface area contributed by atoms with E-state index in [2.05, 4.69) is 5.10 Å². The average Bonchev–Trinajstić information content (AvgIpc) is 2.83. The third-order valence-electron chi connectivity index (χ3n) is 2.56. The standard InChI is InChI=1S/C12H16N2O3S/c1-14-7-18-12(13-14)8-5-9(15-2)11(17-4)10(6-8)16-3/h5-6H,7H2,1-4H3. The molecule has 0 atom stereocenters. The molecule has 1 aromatic rings. The second-order valence-corrected chi connectivity index (χ2v) is 4.68. The first-order valence-electron chi connectivity index (χ1n) is 5.42. The summed E-state index contributed by atoms with van der Waals surface area (Å²) in [6.07, 6.45) is 0. The largest absolute Gasteiger partial charge is 0.493 e. The van der Waals surface area contributed by atoms with Crippen molar-refractivity contribution >= 4 is 16.8 Å². The molecular weight excluding hydrogens is 252 g/mol. The number of thioether (sulfide) groups is 1. The van der Waals surface area contributed by atoms with E-state index < -0.39 is 0 Å². The van der Waals surface area contributed by atoms with Crippen molar-refractivity contribution in [2.75, 3.05) is 34.3 Å². The summed E-state index contributed by atoms with van der Waals surface area (Å²) in [7, 11) is 6.75. The van der Waals surface area contributed by atoms with Crippen LogP contribution < -0.4 is 14.2 Å². The molecule has 1 aliphatic heterocycles. The van der Waals surface area contributed by atoms with Crippen LogP contribution in [0.4, 0.5) is 0 Å². The normalized spacial score (nSPS) is 14.4. The number of ether oxygens (including phenoxy) is 3. The number of nitrogens with zero attached hydrogens (tertiary/aromatic N) is 2. The fraction of sp³-hybridized carbons (Fsp3) is 0.417. The highest BCUT2D eigenvalue weighted by Gasteiger charge is 2.19. The first-order chi connectivity index (χ1) is 8.69. The second-order valence-electron chi connectivity index (χ2n) is 3.75. The molecule has 0 spiro atoms. The van der Waals surface area contributed by atoms with Crippen molar-refractivity contribution in [3.8, 4) is 17.2 Å². The Morgan fingerprint density at radius 3 is 2.11 bits per heavy atom. The zero-order valence-electron chi connectivity index (χ0n) is 10.9. The number of hydrogen-bond donors (Lipinski definition) is 0. The lowest BCUT2D eigenvalue weighted by Crippen LogP contribution is -2.03. The van der Waals surface area contributed by atoms with E-state index in [9.17, 15) is 0 Å². The van der Waals surface area contributed by atoms with Crippen molar-refractivity contribution in [2.45, 2.75) is 0 Å². The fourth-order valence-corrected chi connectivity index (χ4v) is 2.56. The van der Waals surface area contributed by atoms with Crippen LogP contribution in [0.15, 0.2) is 17.2 Å². The Labute approximate surface area is 111 Å². The van der Waals surface area contributed by atoms with Gasteiger partial charge in [0.1, 0.15) is 5.04 Å². The van der Waals surface area contributed by atoms with E-state index in [0.29, 0.717) is 17.2 Å².